The maximum absolute atomic E-state index is 5.95. The zero-order chi connectivity index (χ0) is 13.5. The first-order valence-corrected chi connectivity index (χ1v) is 6.25. The molecule has 0 saturated carbocycles. The van der Waals surface area contributed by atoms with Crippen LogP contribution in [0.5, 0.6) is 0 Å². The molecule has 0 amide bonds. The molecule has 0 aliphatic heterocycles. The van der Waals surface area contributed by atoms with Gasteiger partial charge < -0.3 is 15.8 Å². The van der Waals surface area contributed by atoms with Gasteiger partial charge in [-0.1, -0.05) is 23.7 Å². The van der Waals surface area contributed by atoms with Crippen LogP contribution < -0.4 is 11.1 Å². The fourth-order valence-corrected chi connectivity index (χ4v) is 1.74. The van der Waals surface area contributed by atoms with Crippen LogP contribution in [0.15, 0.2) is 29.3 Å². The van der Waals surface area contributed by atoms with E-state index in [1.54, 1.807) is 7.11 Å². The van der Waals surface area contributed by atoms with E-state index in [1.165, 1.54) is 0 Å². The summed E-state index contributed by atoms with van der Waals surface area (Å²) in [4.78, 5) is 4.26. The molecule has 1 atom stereocenters. The highest BCUT2D eigenvalue weighted by molar-refractivity contribution is 14.0. The lowest BCUT2D eigenvalue weighted by molar-refractivity contribution is 0.111. The molecule has 6 heteroatoms. The normalized spacial score (nSPS) is 13.0. The van der Waals surface area contributed by atoms with Crippen molar-refractivity contribution in [1.82, 2.24) is 5.32 Å². The van der Waals surface area contributed by atoms with E-state index in [4.69, 9.17) is 22.1 Å². The van der Waals surface area contributed by atoms with Gasteiger partial charge in [0.1, 0.15) is 6.10 Å². The van der Waals surface area contributed by atoms with Gasteiger partial charge in [-0.15, -0.1) is 24.0 Å². The molecule has 19 heavy (non-hydrogen) atoms. The number of guanidine groups is 1. The molecule has 0 heterocycles. The number of hydrogen-bond donors (Lipinski definition) is 2. The van der Waals surface area contributed by atoms with Gasteiger partial charge in [0, 0.05) is 18.2 Å². The van der Waals surface area contributed by atoms with E-state index in [0.717, 1.165) is 5.56 Å². The van der Waals surface area contributed by atoms with Crippen LogP contribution in [0.2, 0.25) is 5.02 Å². The summed E-state index contributed by atoms with van der Waals surface area (Å²) in [6.07, 6.45) is -0.142. The third kappa shape index (κ3) is 6.98. The Morgan fingerprint density at radius 2 is 2.16 bits per heavy atom. The molecule has 0 bridgehead atoms. The Labute approximate surface area is 136 Å². The van der Waals surface area contributed by atoms with E-state index in [0.29, 0.717) is 17.5 Å². The SMILES string of the molecule is COC(CN=C(N)NC(C)C)c1cccc(Cl)c1.I. The van der Waals surface area contributed by atoms with Gasteiger partial charge >= 0.3 is 0 Å². The second-order valence-electron chi connectivity index (χ2n) is 4.30. The molecule has 0 aliphatic carbocycles. The summed E-state index contributed by atoms with van der Waals surface area (Å²) in [5.41, 5.74) is 6.73. The minimum absolute atomic E-state index is 0. The maximum Gasteiger partial charge on any atom is 0.188 e. The molecule has 0 aliphatic rings. The molecule has 0 saturated heterocycles. The van der Waals surface area contributed by atoms with Crippen LogP contribution in [0.4, 0.5) is 0 Å². The van der Waals surface area contributed by atoms with Gasteiger partial charge in [0.2, 0.25) is 0 Å². The van der Waals surface area contributed by atoms with Crippen molar-refractivity contribution in [1.29, 1.82) is 0 Å². The molecule has 3 N–H and O–H groups in total. The molecule has 1 aromatic rings. The smallest absolute Gasteiger partial charge is 0.188 e. The van der Waals surface area contributed by atoms with E-state index in [-0.39, 0.29) is 36.1 Å². The van der Waals surface area contributed by atoms with Crippen molar-refractivity contribution in [3.8, 4) is 0 Å². The highest BCUT2D eigenvalue weighted by Crippen LogP contribution is 2.20. The van der Waals surface area contributed by atoms with Gasteiger partial charge in [-0.25, -0.2) is 0 Å². The number of benzene rings is 1. The number of nitrogens with zero attached hydrogens (tertiary/aromatic N) is 1. The van der Waals surface area contributed by atoms with Crippen molar-refractivity contribution < 1.29 is 4.74 Å². The van der Waals surface area contributed by atoms with Crippen LogP contribution in [0.25, 0.3) is 0 Å². The average Bonchev–Trinajstić information content (AvgIpc) is 2.29. The van der Waals surface area contributed by atoms with Crippen molar-refractivity contribution >= 4 is 41.5 Å². The highest BCUT2D eigenvalue weighted by atomic mass is 127. The minimum atomic E-state index is -0.142. The third-order valence-electron chi connectivity index (χ3n) is 2.37. The minimum Gasteiger partial charge on any atom is -0.375 e. The second-order valence-corrected chi connectivity index (χ2v) is 4.74. The van der Waals surface area contributed by atoms with Crippen LogP contribution in [0, 0.1) is 0 Å². The number of halogens is 2. The van der Waals surface area contributed by atoms with Crippen molar-refractivity contribution in [2.24, 2.45) is 10.7 Å². The number of hydrogen-bond acceptors (Lipinski definition) is 2. The maximum atomic E-state index is 5.95. The molecule has 0 spiro atoms. The van der Waals surface area contributed by atoms with Gasteiger partial charge in [0.25, 0.3) is 0 Å². The molecule has 1 aromatic carbocycles. The molecule has 0 aromatic heterocycles. The molecular formula is C13H21ClIN3O. The van der Waals surface area contributed by atoms with Gasteiger partial charge in [0.15, 0.2) is 5.96 Å². The second kappa shape index (κ2) is 9.39. The lowest BCUT2D eigenvalue weighted by Gasteiger charge is -2.15. The first-order valence-electron chi connectivity index (χ1n) is 5.87. The van der Waals surface area contributed by atoms with E-state index in [2.05, 4.69) is 10.3 Å². The number of nitrogens with one attached hydrogen (secondary N) is 1. The Kier molecular flexibility index (Phi) is 9.12. The van der Waals surface area contributed by atoms with Crippen molar-refractivity contribution in [2.45, 2.75) is 26.0 Å². The zero-order valence-electron chi connectivity index (χ0n) is 11.4. The van der Waals surface area contributed by atoms with Crippen LogP contribution in [-0.4, -0.2) is 25.7 Å². The first-order chi connectivity index (χ1) is 8.52. The van der Waals surface area contributed by atoms with Crippen LogP contribution >= 0.6 is 35.6 Å². The van der Waals surface area contributed by atoms with Gasteiger partial charge in [-0.3, -0.25) is 4.99 Å². The highest BCUT2D eigenvalue weighted by Gasteiger charge is 2.10. The third-order valence-corrected chi connectivity index (χ3v) is 2.60. The van der Waals surface area contributed by atoms with Gasteiger partial charge in [-0.2, -0.15) is 0 Å². The fourth-order valence-electron chi connectivity index (χ4n) is 1.55. The number of methoxy groups -OCH3 is 1. The molecule has 1 unspecified atom stereocenters. The molecule has 108 valence electrons. The number of ether oxygens (including phenoxy) is 1. The summed E-state index contributed by atoms with van der Waals surface area (Å²) in [5, 5.41) is 3.72. The first kappa shape index (κ1) is 18.5. The van der Waals surface area contributed by atoms with Gasteiger partial charge in [0.05, 0.1) is 6.54 Å². The van der Waals surface area contributed by atoms with Crippen LogP contribution in [0.3, 0.4) is 0 Å². The molecular weight excluding hydrogens is 377 g/mol. The Morgan fingerprint density at radius 3 is 2.68 bits per heavy atom. The quantitative estimate of drug-likeness (QED) is 0.456. The van der Waals surface area contributed by atoms with Crippen molar-refractivity contribution in [2.75, 3.05) is 13.7 Å². The summed E-state index contributed by atoms with van der Waals surface area (Å²) < 4.78 is 5.40. The number of aliphatic imine (C=N–C) groups is 1. The standard InChI is InChI=1S/C13H20ClN3O.HI/c1-9(2)17-13(15)16-8-12(18-3)10-5-4-6-11(14)7-10;/h4-7,9,12H,8H2,1-3H3,(H3,15,16,17);1H. The van der Waals surface area contributed by atoms with E-state index in [9.17, 15) is 0 Å². The Bertz CT molecular complexity index is 413. The fraction of sp³-hybridized carbons (Fsp3) is 0.462. The van der Waals surface area contributed by atoms with Gasteiger partial charge in [-0.05, 0) is 31.5 Å². The largest absolute Gasteiger partial charge is 0.375 e. The molecule has 1 rings (SSSR count). The summed E-state index contributed by atoms with van der Waals surface area (Å²) in [5.74, 6) is 0.425. The van der Waals surface area contributed by atoms with Crippen LogP contribution in [-0.2, 0) is 4.74 Å². The van der Waals surface area contributed by atoms with Crippen molar-refractivity contribution in [3.05, 3.63) is 34.9 Å². The topological polar surface area (TPSA) is 59.6 Å². The van der Waals surface area contributed by atoms with Crippen LogP contribution in [0.1, 0.15) is 25.5 Å². The lowest BCUT2D eigenvalue weighted by atomic mass is 10.1. The Hall–Kier alpha value is -0.530. The molecule has 4 nitrogen and oxygen atoms in total. The van der Waals surface area contributed by atoms with E-state index >= 15 is 0 Å². The lowest BCUT2D eigenvalue weighted by Crippen LogP contribution is -2.37. The number of rotatable bonds is 5. The predicted octanol–water partition coefficient (Wildman–Crippen LogP) is 2.96. The summed E-state index contributed by atoms with van der Waals surface area (Å²) in [6, 6.07) is 7.82. The summed E-state index contributed by atoms with van der Waals surface area (Å²) in [6.45, 7) is 4.47. The molecule has 0 fully saturated rings. The Morgan fingerprint density at radius 1 is 1.47 bits per heavy atom. The zero-order valence-corrected chi connectivity index (χ0v) is 14.5. The van der Waals surface area contributed by atoms with E-state index in [1.807, 2.05) is 38.1 Å². The van der Waals surface area contributed by atoms with E-state index < -0.39 is 0 Å². The predicted molar refractivity (Wildman–Crippen MR) is 91.4 cm³/mol. The summed E-state index contributed by atoms with van der Waals surface area (Å²) in [7, 11) is 1.65. The molecule has 0 radical (unpaired) electrons. The Balaban J connectivity index is 0.00000324. The summed E-state index contributed by atoms with van der Waals surface area (Å²) >= 11 is 5.95. The number of nitrogens with two attached hydrogens (primary N) is 1. The average molecular weight is 398 g/mol. The monoisotopic (exact) mass is 397 g/mol. The van der Waals surface area contributed by atoms with Crippen molar-refractivity contribution in [3.63, 3.8) is 0 Å².